The fraction of sp³-hybridized carbons (Fsp3) is 0.772. The second-order valence-corrected chi connectivity index (χ2v) is 17.7. The fourth-order valence-electron chi connectivity index (χ4n) is 7.45. The van der Waals surface area contributed by atoms with E-state index in [4.69, 9.17) is 14.2 Å². The molecule has 0 aromatic rings. The summed E-state index contributed by atoms with van der Waals surface area (Å²) in [6, 6.07) is 0. The zero-order valence-corrected chi connectivity index (χ0v) is 41.6. The van der Waals surface area contributed by atoms with Gasteiger partial charge in [0.05, 0.1) is 0 Å². The van der Waals surface area contributed by atoms with Crippen molar-refractivity contribution in [1.82, 2.24) is 0 Å². The molecule has 0 fully saturated rings. The van der Waals surface area contributed by atoms with Crippen molar-refractivity contribution in [2.75, 3.05) is 13.2 Å². The molecule has 6 heteroatoms. The molecule has 0 N–H and O–H groups in total. The third-order valence-electron chi connectivity index (χ3n) is 11.5. The van der Waals surface area contributed by atoms with Crippen molar-refractivity contribution in [3.63, 3.8) is 0 Å². The molecule has 1 atom stereocenters. The largest absolute Gasteiger partial charge is 0.462 e. The van der Waals surface area contributed by atoms with Crippen LogP contribution in [0.4, 0.5) is 0 Å². The predicted octanol–water partition coefficient (Wildman–Crippen LogP) is 17.6. The second-order valence-electron chi connectivity index (χ2n) is 17.7. The number of rotatable bonds is 48. The molecule has 0 bridgehead atoms. The van der Waals surface area contributed by atoms with E-state index in [1.807, 2.05) is 0 Å². The number of esters is 3. The van der Waals surface area contributed by atoms with Crippen LogP contribution in [0.3, 0.4) is 0 Å². The van der Waals surface area contributed by atoms with E-state index in [2.05, 4.69) is 81.5 Å². The third kappa shape index (κ3) is 50.0. The van der Waals surface area contributed by atoms with Crippen LogP contribution in [0.2, 0.25) is 0 Å². The SMILES string of the molecule is CC/C=C/C/C=C/C/C=C/CCCCCCCC(=O)OC[C@@H](COC(=O)CCCCCCCCC/C=C/CCCCCC)OC(=O)CCCCCCCCC/C=C/CCCCCC. The summed E-state index contributed by atoms with van der Waals surface area (Å²) in [5, 5.41) is 0. The smallest absolute Gasteiger partial charge is 0.306 e. The fourth-order valence-corrected chi connectivity index (χ4v) is 7.45. The first kappa shape index (κ1) is 60.1. The summed E-state index contributed by atoms with van der Waals surface area (Å²) in [5.74, 6) is -0.903. The molecular formula is C57H100O6. The minimum atomic E-state index is -0.784. The number of unbranched alkanes of at least 4 members (excludes halogenated alkanes) is 27. The molecule has 0 aromatic carbocycles. The monoisotopic (exact) mass is 881 g/mol. The Labute approximate surface area is 390 Å². The third-order valence-corrected chi connectivity index (χ3v) is 11.5. The van der Waals surface area contributed by atoms with Gasteiger partial charge in [-0.1, -0.05) is 204 Å². The summed E-state index contributed by atoms with van der Waals surface area (Å²) in [7, 11) is 0. The summed E-state index contributed by atoms with van der Waals surface area (Å²) >= 11 is 0. The molecule has 0 saturated heterocycles. The lowest BCUT2D eigenvalue weighted by Crippen LogP contribution is -2.30. The number of carbonyl (C=O) groups excluding carboxylic acids is 3. The van der Waals surface area contributed by atoms with Gasteiger partial charge in [-0.2, -0.15) is 0 Å². The molecule has 0 unspecified atom stereocenters. The Bertz CT molecular complexity index is 1150. The zero-order chi connectivity index (χ0) is 45.8. The van der Waals surface area contributed by atoms with Crippen LogP contribution in [0, 0.1) is 0 Å². The highest BCUT2D eigenvalue weighted by molar-refractivity contribution is 5.71. The number of ether oxygens (including phenoxy) is 3. The molecule has 0 rings (SSSR count). The highest BCUT2D eigenvalue weighted by Gasteiger charge is 2.19. The molecular weight excluding hydrogens is 781 g/mol. The summed E-state index contributed by atoms with van der Waals surface area (Å²) in [6.07, 6.45) is 63.4. The van der Waals surface area contributed by atoms with E-state index in [0.29, 0.717) is 19.3 Å². The van der Waals surface area contributed by atoms with Gasteiger partial charge in [0.25, 0.3) is 0 Å². The molecule has 63 heavy (non-hydrogen) atoms. The quantitative estimate of drug-likeness (QED) is 0.0262. The van der Waals surface area contributed by atoms with E-state index < -0.39 is 6.10 Å². The Hall–Kier alpha value is -2.89. The normalized spacial score (nSPS) is 12.5. The molecule has 0 aromatic heterocycles. The van der Waals surface area contributed by atoms with E-state index in [-0.39, 0.29) is 31.1 Å². The van der Waals surface area contributed by atoms with E-state index in [0.717, 1.165) is 96.3 Å². The van der Waals surface area contributed by atoms with Crippen LogP contribution in [0.1, 0.15) is 265 Å². The maximum absolute atomic E-state index is 12.8. The van der Waals surface area contributed by atoms with Crippen LogP contribution in [0.15, 0.2) is 60.8 Å². The van der Waals surface area contributed by atoms with Crippen LogP contribution in [-0.2, 0) is 28.6 Å². The Balaban J connectivity index is 4.41. The van der Waals surface area contributed by atoms with Crippen LogP contribution >= 0.6 is 0 Å². The van der Waals surface area contributed by atoms with Gasteiger partial charge >= 0.3 is 17.9 Å². The summed E-state index contributed by atoms with van der Waals surface area (Å²) in [4.78, 5) is 38.0. The first-order valence-corrected chi connectivity index (χ1v) is 26.8. The van der Waals surface area contributed by atoms with E-state index in [1.165, 1.54) is 128 Å². The van der Waals surface area contributed by atoms with Crippen LogP contribution in [0.25, 0.3) is 0 Å². The average molecular weight is 881 g/mol. The molecule has 0 radical (unpaired) electrons. The number of hydrogen-bond donors (Lipinski definition) is 0. The van der Waals surface area contributed by atoms with Gasteiger partial charge in [0.2, 0.25) is 0 Å². The summed E-state index contributed by atoms with van der Waals surface area (Å²) in [6.45, 7) is 6.49. The molecule has 0 spiro atoms. The van der Waals surface area contributed by atoms with E-state index >= 15 is 0 Å². The van der Waals surface area contributed by atoms with Crippen LogP contribution < -0.4 is 0 Å². The van der Waals surface area contributed by atoms with Crippen molar-refractivity contribution >= 4 is 17.9 Å². The first-order chi connectivity index (χ1) is 31.0. The van der Waals surface area contributed by atoms with E-state index in [1.54, 1.807) is 0 Å². The van der Waals surface area contributed by atoms with Gasteiger partial charge in [0.15, 0.2) is 6.10 Å². The summed E-state index contributed by atoms with van der Waals surface area (Å²) in [5.41, 5.74) is 0. The lowest BCUT2D eigenvalue weighted by Gasteiger charge is -2.18. The standard InChI is InChI=1S/C57H100O6/c1-4-7-10-13-16-19-22-25-28-31-34-37-40-43-46-49-55(58)61-52-54(63-57(60)51-48-45-42-39-36-33-30-27-24-21-18-15-12-9-6-3)53-62-56(59)50-47-44-41-38-35-32-29-26-23-20-17-14-11-8-5-2/h7,10,16,19-21,23-25,28,54H,4-6,8-9,11-15,17-18,22,26-27,29-53H2,1-3H3/b10-7+,19-16+,23-20+,24-21+,28-25+/t54-/m0/s1. The number of hydrogen-bond acceptors (Lipinski definition) is 6. The molecule has 364 valence electrons. The lowest BCUT2D eigenvalue weighted by atomic mass is 10.1. The molecule has 6 nitrogen and oxygen atoms in total. The van der Waals surface area contributed by atoms with Crippen LogP contribution in [0.5, 0.6) is 0 Å². The maximum Gasteiger partial charge on any atom is 0.306 e. The minimum Gasteiger partial charge on any atom is -0.462 e. The second kappa shape index (κ2) is 51.7. The predicted molar refractivity (Wildman–Crippen MR) is 270 cm³/mol. The van der Waals surface area contributed by atoms with Gasteiger partial charge in [0.1, 0.15) is 13.2 Å². The Morgan fingerprint density at radius 3 is 0.984 bits per heavy atom. The first-order valence-electron chi connectivity index (χ1n) is 26.8. The van der Waals surface area contributed by atoms with Gasteiger partial charge in [-0.05, 0) is 103 Å². The molecule has 0 aliphatic heterocycles. The maximum atomic E-state index is 12.8. The molecule has 0 aliphatic carbocycles. The van der Waals surface area contributed by atoms with Crippen molar-refractivity contribution in [2.45, 2.75) is 271 Å². The van der Waals surface area contributed by atoms with Gasteiger partial charge in [-0.15, -0.1) is 0 Å². The van der Waals surface area contributed by atoms with Gasteiger partial charge in [0, 0.05) is 19.3 Å². The minimum absolute atomic E-state index is 0.0832. The Morgan fingerprint density at radius 2 is 0.619 bits per heavy atom. The van der Waals surface area contributed by atoms with Gasteiger partial charge < -0.3 is 14.2 Å². The average Bonchev–Trinajstić information content (AvgIpc) is 3.28. The Morgan fingerprint density at radius 1 is 0.333 bits per heavy atom. The van der Waals surface area contributed by atoms with Gasteiger partial charge in [-0.3, -0.25) is 14.4 Å². The molecule has 0 aliphatic rings. The van der Waals surface area contributed by atoms with Crippen molar-refractivity contribution < 1.29 is 28.6 Å². The lowest BCUT2D eigenvalue weighted by molar-refractivity contribution is -0.167. The van der Waals surface area contributed by atoms with Gasteiger partial charge in [-0.25, -0.2) is 0 Å². The number of carbonyl (C=O) groups is 3. The van der Waals surface area contributed by atoms with Crippen molar-refractivity contribution in [3.05, 3.63) is 60.8 Å². The highest BCUT2D eigenvalue weighted by atomic mass is 16.6. The van der Waals surface area contributed by atoms with Crippen LogP contribution in [-0.4, -0.2) is 37.2 Å². The van der Waals surface area contributed by atoms with E-state index in [9.17, 15) is 14.4 Å². The molecule has 0 amide bonds. The van der Waals surface area contributed by atoms with Crippen molar-refractivity contribution in [3.8, 4) is 0 Å². The molecule has 0 saturated carbocycles. The number of allylic oxidation sites excluding steroid dienone is 10. The topological polar surface area (TPSA) is 78.9 Å². The van der Waals surface area contributed by atoms with Crippen molar-refractivity contribution in [2.24, 2.45) is 0 Å². The highest BCUT2D eigenvalue weighted by Crippen LogP contribution is 2.15. The Kier molecular flexibility index (Phi) is 49.4. The van der Waals surface area contributed by atoms with Crippen molar-refractivity contribution in [1.29, 1.82) is 0 Å². The summed E-state index contributed by atoms with van der Waals surface area (Å²) < 4.78 is 16.8. The zero-order valence-electron chi connectivity index (χ0n) is 41.6. The molecule has 0 heterocycles.